The second-order valence-corrected chi connectivity index (χ2v) is 2.26. The highest BCUT2D eigenvalue weighted by Crippen LogP contribution is 1.95. The minimum absolute atomic E-state index is 0.287. The van der Waals surface area contributed by atoms with E-state index in [9.17, 15) is 4.79 Å². The van der Waals surface area contributed by atoms with Gasteiger partial charge in [-0.05, 0) is 19.9 Å². The third-order valence-electron chi connectivity index (χ3n) is 0.966. The zero-order valence-electron chi connectivity index (χ0n) is 6.83. The van der Waals surface area contributed by atoms with Gasteiger partial charge in [0.05, 0.1) is 0 Å². The molecule has 0 aromatic rings. The first-order valence-corrected chi connectivity index (χ1v) is 3.33. The first-order chi connectivity index (χ1) is 5.06. The standard InChI is InChI=1S/C8H13NO2/c1-4-8(10)11-7(3)5-6(2)9/h4-5,7H,1,9H2,2-3H3. The number of nitrogens with two attached hydrogens (primary N) is 1. The van der Waals surface area contributed by atoms with E-state index >= 15 is 0 Å². The van der Waals surface area contributed by atoms with Gasteiger partial charge in [-0.15, -0.1) is 0 Å². The van der Waals surface area contributed by atoms with Gasteiger partial charge in [0.15, 0.2) is 0 Å². The molecule has 0 fully saturated rings. The summed E-state index contributed by atoms with van der Waals surface area (Å²) in [6, 6.07) is 0. The topological polar surface area (TPSA) is 52.3 Å². The van der Waals surface area contributed by atoms with E-state index in [1.165, 1.54) is 0 Å². The van der Waals surface area contributed by atoms with Crippen LogP contribution in [-0.4, -0.2) is 12.1 Å². The lowest BCUT2D eigenvalue weighted by atomic mass is 10.3. The van der Waals surface area contributed by atoms with Gasteiger partial charge in [-0.1, -0.05) is 6.58 Å². The quantitative estimate of drug-likeness (QED) is 0.488. The van der Waals surface area contributed by atoms with Crippen LogP contribution in [0.5, 0.6) is 0 Å². The van der Waals surface area contributed by atoms with Gasteiger partial charge < -0.3 is 10.5 Å². The van der Waals surface area contributed by atoms with Crippen LogP contribution in [0.25, 0.3) is 0 Å². The SMILES string of the molecule is C=CC(=O)OC(C)C=C(C)N. The van der Waals surface area contributed by atoms with Gasteiger partial charge in [0.1, 0.15) is 6.10 Å². The normalized spacial score (nSPS) is 13.8. The van der Waals surface area contributed by atoms with Crippen molar-refractivity contribution >= 4 is 5.97 Å². The molecule has 1 atom stereocenters. The number of carbonyl (C=O) groups excluding carboxylic acids is 1. The number of hydrogen-bond acceptors (Lipinski definition) is 3. The van der Waals surface area contributed by atoms with Crippen LogP contribution in [-0.2, 0) is 9.53 Å². The Morgan fingerprint density at radius 3 is 2.64 bits per heavy atom. The van der Waals surface area contributed by atoms with E-state index in [2.05, 4.69) is 6.58 Å². The van der Waals surface area contributed by atoms with Crippen molar-refractivity contribution in [3.63, 3.8) is 0 Å². The molecule has 62 valence electrons. The fraction of sp³-hybridized carbons (Fsp3) is 0.375. The van der Waals surface area contributed by atoms with E-state index < -0.39 is 5.97 Å². The molecule has 0 saturated heterocycles. The van der Waals surface area contributed by atoms with Crippen molar-refractivity contribution in [2.75, 3.05) is 0 Å². The lowest BCUT2D eigenvalue weighted by Gasteiger charge is -2.06. The summed E-state index contributed by atoms with van der Waals surface area (Å²) in [7, 11) is 0. The molecule has 0 spiro atoms. The number of rotatable bonds is 3. The number of hydrogen-bond donors (Lipinski definition) is 1. The van der Waals surface area contributed by atoms with Crippen molar-refractivity contribution in [3.8, 4) is 0 Å². The van der Waals surface area contributed by atoms with Crippen molar-refractivity contribution in [1.82, 2.24) is 0 Å². The van der Waals surface area contributed by atoms with Crippen LogP contribution in [0.2, 0.25) is 0 Å². The zero-order chi connectivity index (χ0) is 8.85. The van der Waals surface area contributed by atoms with E-state index in [0.29, 0.717) is 5.70 Å². The Labute approximate surface area is 66.5 Å². The van der Waals surface area contributed by atoms with Crippen molar-refractivity contribution in [3.05, 3.63) is 24.4 Å². The average Bonchev–Trinajstić information content (AvgIpc) is 1.85. The molecule has 3 heteroatoms. The van der Waals surface area contributed by atoms with Crippen molar-refractivity contribution in [2.24, 2.45) is 5.73 Å². The monoisotopic (exact) mass is 155 g/mol. The molecular weight excluding hydrogens is 142 g/mol. The largest absolute Gasteiger partial charge is 0.455 e. The van der Waals surface area contributed by atoms with E-state index in [4.69, 9.17) is 10.5 Å². The van der Waals surface area contributed by atoms with Crippen LogP contribution in [0.15, 0.2) is 24.4 Å². The van der Waals surface area contributed by atoms with E-state index in [0.717, 1.165) is 6.08 Å². The van der Waals surface area contributed by atoms with Crippen molar-refractivity contribution < 1.29 is 9.53 Å². The van der Waals surface area contributed by atoms with Gasteiger partial charge in [0, 0.05) is 11.8 Å². The van der Waals surface area contributed by atoms with Gasteiger partial charge >= 0.3 is 5.97 Å². The molecule has 0 rings (SSSR count). The Kier molecular flexibility index (Phi) is 4.03. The Morgan fingerprint density at radius 1 is 1.73 bits per heavy atom. The van der Waals surface area contributed by atoms with Crippen LogP contribution < -0.4 is 5.73 Å². The van der Waals surface area contributed by atoms with E-state index in [1.807, 2.05) is 0 Å². The molecule has 3 nitrogen and oxygen atoms in total. The molecule has 0 amide bonds. The minimum atomic E-state index is -0.435. The molecule has 2 N–H and O–H groups in total. The van der Waals surface area contributed by atoms with E-state index in [1.54, 1.807) is 19.9 Å². The minimum Gasteiger partial charge on any atom is -0.455 e. The summed E-state index contributed by atoms with van der Waals surface area (Å²) >= 11 is 0. The second kappa shape index (κ2) is 4.55. The molecule has 11 heavy (non-hydrogen) atoms. The lowest BCUT2D eigenvalue weighted by molar-refractivity contribution is -0.140. The number of ether oxygens (including phenoxy) is 1. The lowest BCUT2D eigenvalue weighted by Crippen LogP contribution is -2.11. The maximum Gasteiger partial charge on any atom is 0.330 e. The molecule has 1 unspecified atom stereocenters. The molecule has 0 bridgehead atoms. The molecule has 0 aromatic heterocycles. The van der Waals surface area contributed by atoms with Crippen molar-refractivity contribution in [2.45, 2.75) is 20.0 Å². The molecule has 0 saturated carbocycles. The molecule has 0 aliphatic heterocycles. The first-order valence-electron chi connectivity index (χ1n) is 3.33. The summed E-state index contributed by atoms with van der Waals surface area (Å²) < 4.78 is 4.80. The smallest absolute Gasteiger partial charge is 0.330 e. The maximum atomic E-state index is 10.6. The predicted octanol–water partition coefficient (Wildman–Crippen LogP) is 0.967. The Hall–Kier alpha value is -1.25. The fourth-order valence-electron chi connectivity index (χ4n) is 0.636. The van der Waals surface area contributed by atoms with Gasteiger partial charge in [0.25, 0.3) is 0 Å². The summed E-state index contributed by atoms with van der Waals surface area (Å²) in [6.45, 7) is 6.73. The first kappa shape index (κ1) is 9.75. The van der Waals surface area contributed by atoms with Crippen LogP contribution in [0.3, 0.4) is 0 Å². The molecular formula is C8H13NO2. The third kappa shape index (κ3) is 5.21. The molecule has 0 aliphatic carbocycles. The highest BCUT2D eigenvalue weighted by Gasteiger charge is 2.01. The Balaban J connectivity index is 3.87. The summed E-state index contributed by atoms with van der Waals surface area (Å²) in [5, 5.41) is 0. The van der Waals surface area contributed by atoms with Crippen LogP contribution in [0, 0.1) is 0 Å². The van der Waals surface area contributed by atoms with Crippen molar-refractivity contribution in [1.29, 1.82) is 0 Å². The number of carbonyl (C=O) groups is 1. The predicted molar refractivity (Wildman–Crippen MR) is 43.7 cm³/mol. The Bertz CT molecular complexity index is 181. The molecule has 0 aliphatic rings. The van der Waals surface area contributed by atoms with Crippen LogP contribution >= 0.6 is 0 Å². The van der Waals surface area contributed by atoms with E-state index in [-0.39, 0.29) is 6.10 Å². The second-order valence-electron chi connectivity index (χ2n) is 2.26. The molecule has 0 aromatic carbocycles. The Morgan fingerprint density at radius 2 is 2.27 bits per heavy atom. The highest BCUT2D eigenvalue weighted by molar-refractivity contribution is 5.81. The zero-order valence-corrected chi connectivity index (χ0v) is 6.83. The van der Waals surface area contributed by atoms with Gasteiger partial charge in [0.2, 0.25) is 0 Å². The molecule has 0 heterocycles. The van der Waals surface area contributed by atoms with Crippen LogP contribution in [0.1, 0.15) is 13.8 Å². The summed E-state index contributed by atoms with van der Waals surface area (Å²) in [5.74, 6) is -0.435. The maximum absolute atomic E-state index is 10.6. The summed E-state index contributed by atoms with van der Waals surface area (Å²) in [6.07, 6.45) is 2.49. The molecule has 0 radical (unpaired) electrons. The third-order valence-corrected chi connectivity index (χ3v) is 0.966. The van der Waals surface area contributed by atoms with Gasteiger partial charge in [-0.25, -0.2) is 4.79 Å². The average molecular weight is 155 g/mol. The highest BCUT2D eigenvalue weighted by atomic mass is 16.5. The fourth-order valence-corrected chi connectivity index (χ4v) is 0.636. The summed E-state index contributed by atoms with van der Waals surface area (Å²) in [4.78, 5) is 10.6. The van der Waals surface area contributed by atoms with Gasteiger partial charge in [-0.2, -0.15) is 0 Å². The number of allylic oxidation sites excluding steroid dienone is 1. The number of esters is 1. The summed E-state index contributed by atoms with van der Waals surface area (Å²) in [5.41, 5.74) is 5.99. The van der Waals surface area contributed by atoms with Crippen LogP contribution in [0.4, 0.5) is 0 Å². The van der Waals surface area contributed by atoms with Gasteiger partial charge in [-0.3, -0.25) is 0 Å².